The molecule has 0 atom stereocenters. The third-order valence-corrected chi connectivity index (χ3v) is 3.54. The number of benzene rings is 2. The van der Waals surface area contributed by atoms with Gasteiger partial charge in [-0.15, -0.1) is 0 Å². The largest absolute Gasteiger partial charge is 0.322 e. The molecule has 2 nitrogen and oxygen atoms in total. The van der Waals surface area contributed by atoms with Crippen molar-refractivity contribution in [2.45, 2.75) is 12.8 Å². The number of nitrogens with one attached hydrogen (secondary N) is 1. The van der Waals surface area contributed by atoms with Crippen LogP contribution in [-0.4, -0.2) is 11.2 Å². The van der Waals surface area contributed by atoms with E-state index in [0.29, 0.717) is 5.69 Å². The second-order valence-corrected chi connectivity index (χ2v) is 5.34. The summed E-state index contributed by atoms with van der Waals surface area (Å²) >= 11 is 3.36. The number of carbonyl (C=O) groups excluding carboxylic acids is 1. The molecule has 5 heteroatoms. The summed E-state index contributed by atoms with van der Waals surface area (Å²) in [5, 5.41) is 3.49. The summed E-state index contributed by atoms with van der Waals surface area (Å²) in [7, 11) is 0. The third kappa shape index (κ3) is 4.11. The number of hydrogen-bond acceptors (Lipinski definition) is 1. The molecule has 2 aromatic rings. The quantitative estimate of drug-likeness (QED) is 0.785. The molecule has 0 aliphatic rings. The van der Waals surface area contributed by atoms with Crippen molar-refractivity contribution in [3.05, 3.63) is 65.2 Å². The highest BCUT2D eigenvalue weighted by atomic mass is 79.9. The van der Waals surface area contributed by atoms with E-state index in [2.05, 4.69) is 21.2 Å². The van der Waals surface area contributed by atoms with E-state index in [-0.39, 0.29) is 5.56 Å². The fourth-order valence-electron chi connectivity index (χ4n) is 1.95. The van der Waals surface area contributed by atoms with E-state index in [9.17, 15) is 13.6 Å². The Bertz CT molecular complexity index is 646. The smallest absolute Gasteiger partial charge is 0.258 e. The van der Waals surface area contributed by atoms with Crippen molar-refractivity contribution in [2.75, 3.05) is 10.6 Å². The summed E-state index contributed by atoms with van der Waals surface area (Å²) in [5.41, 5.74) is 1.34. The molecular formula is C16H14BrF2NO. The number of amides is 1. The van der Waals surface area contributed by atoms with Gasteiger partial charge in [-0.2, -0.15) is 0 Å². The highest BCUT2D eigenvalue weighted by molar-refractivity contribution is 9.09. The summed E-state index contributed by atoms with van der Waals surface area (Å²) in [5.74, 6) is -2.83. The summed E-state index contributed by atoms with van der Waals surface area (Å²) < 4.78 is 26.7. The van der Waals surface area contributed by atoms with Crippen LogP contribution in [-0.2, 0) is 6.42 Å². The van der Waals surface area contributed by atoms with Gasteiger partial charge in [0.1, 0.15) is 0 Å². The Morgan fingerprint density at radius 1 is 1.14 bits per heavy atom. The van der Waals surface area contributed by atoms with Gasteiger partial charge in [-0.1, -0.05) is 34.1 Å². The van der Waals surface area contributed by atoms with Crippen LogP contribution in [0.15, 0.2) is 42.5 Å². The van der Waals surface area contributed by atoms with Crippen molar-refractivity contribution in [1.82, 2.24) is 0 Å². The number of aryl methyl sites for hydroxylation is 1. The molecule has 2 rings (SSSR count). The molecule has 0 saturated heterocycles. The first-order chi connectivity index (χ1) is 10.1. The normalized spacial score (nSPS) is 10.4. The van der Waals surface area contributed by atoms with E-state index in [4.69, 9.17) is 0 Å². The predicted octanol–water partition coefficient (Wildman–Crippen LogP) is 4.54. The molecule has 2 aromatic carbocycles. The maximum atomic E-state index is 13.6. The van der Waals surface area contributed by atoms with Crippen LogP contribution in [0.2, 0.25) is 0 Å². The molecule has 0 saturated carbocycles. The van der Waals surface area contributed by atoms with E-state index in [1.54, 1.807) is 6.07 Å². The maximum Gasteiger partial charge on any atom is 0.258 e. The molecule has 0 aliphatic carbocycles. The van der Waals surface area contributed by atoms with Gasteiger partial charge in [-0.05, 0) is 42.7 Å². The number of hydrogen-bond donors (Lipinski definition) is 1. The SMILES string of the molecule is O=C(Nc1cccc(CCCBr)c1)c1cccc(F)c1F. The second-order valence-electron chi connectivity index (χ2n) is 4.55. The van der Waals surface area contributed by atoms with Crippen molar-refractivity contribution >= 4 is 27.5 Å². The van der Waals surface area contributed by atoms with Gasteiger partial charge in [0.2, 0.25) is 0 Å². The Morgan fingerprint density at radius 2 is 1.90 bits per heavy atom. The van der Waals surface area contributed by atoms with Crippen LogP contribution < -0.4 is 5.32 Å². The number of halogens is 3. The van der Waals surface area contributed by atoms with Crippen LogP contribution in [0.3, 0.4) is 0 Å². The first kappa shape index (κ1) is 15.6. The van der Waals surface area contributed by atoms with Gasteiger partial charge in [-0.25, -0.2) is 8.78 Å². The number of carbonyl (C=O) groups is 1. The van der Waals surface area contributed by atoms with E-state index < -0.39 is 17.5 Å². The zero-order valence-corrected chi connectivity index (χ0v) is 12.8. The van der Waals surface area contributed by atoms with E-state index >= 15 is 0 Å². The molecule has 0 aliphatic heterocycles. The lowest BCUT2D eigenvalue weighted by Crippen LogP contribution is -2.14. The first-order valence-corrected chi connectivity index (χ1v) is 7.64. The lowest BCUT2D eigenvalue weighted by molar-refractivity contribution is 0.102. The number of alkyl halides is 1. The molecule has 0 radical (unpaired) electrons. The van der Waals surface area contributed by atoms with Crippen molar-refractivity contribution in [1.29, 1.82) is 0 Å². The molecule has 1 N–H and O–H groups in total. The summed E-state index contributed by atoms with van der Waals surface area (Å²) in [6, 6.07) is 10.9. The predicted molar refractivity (Wildman–Crippen MR) is 82.9 cm³/mol. The molecule has 0 fully saturated rings. The van der Waals surface area contributed by atoms with Gasteiger partial charge in [0.15, 0.2) is 11.6 Å². The zero-order valence-electron chi connectivity index (χ0n) is 11.2. The van der Waals surface area contributed by atoms with Crippen molar-refractivity contribution in [2.24, 2.45) is 0 Å². The summed E-state index contributed by atoms with van der Waals surface area (Å²) in [6.07, 6.45) is 1.86. The molecule has 1 amide bonds. The van der Waals surface area contributed by atoms with Gasteiger partial charge in [-0.3, -0.25) is 4.79 Å². The molecule has 0 heterocycles. The Balaban J connectivity index is 2.14. The fourth-order valence-corrected chi connectivity index (χ4v) is 2.23. The van der Waals surface area contributed by atoms with Crippen LogP contribution in [0.5, 0.6) is 0 Å². The van der Waals surface area contributed by atoms with Gasteiger partial charge >= 0.3 is 0 Å². The van der Waals surface area contributed by atoms with Crippen LogP contribution >= 0.6 is 15.9 Å². The lowest BCUT2D eigenvalue weighted by atomic mass is 10.1. The average Bonchev–Trinajstić information content (AvgIpc) is 2.48. The second kappa shape index (κ2) is 7.31. The van der Waals surface area contributed by atoms with Crippen molar-refractivity contribution in [3.8, 4) is 0 Å². The van der Waals surface area contributed by atoms with Gasteiger partial charge in [0.05, 0.1) is 5.56 Å². The minimum atomic E-state index is -1.13. The highest BCUT2D eigenvalue weighted by Crippen LogP contribution is 2.16. The van der Waals surface area contributed by atoms with Crippen LogP contribution in [0, 0.1) is 11.6 Å². The molecular weight excluding hydrogens is 340 g/mol. The molecule has 0 unspecified atom stereocenters. The van der Waals surface area contributed by atoms with E-state index in [0.717, 1.165) is 29.8 Å². The van der Waals surface area contributed by atoms with Crippen molar-refractivity contribution < 1.29 is 13.6 Å². The molecule has 0 aromatic heterocycles. The minimum Gasteiger partial charge on any atom is -0.322 e. The Morgan fingerprint density at radius 3 is 2.67 bits per heavy atom. The first-order valence-electron chi connectivity index (χ1n) is 6.52. The minimum absolute atomic E-state index is 0.305. The topological polar surface area (TPSA) is 29.1 Å². The fraction of sp³-hybridized carbons (Fsp3) is 0.188. The Labute approximate surface area is 130 Å². The molecule has 110 valence electrons. The zero-order chi connectivity index (χ0) is 15.2. The van der Waals surface area contributed by atoms with Gasteiger partial charge < -0.3 is 5.32 Å². The van der Waals surface area contributed by atoms with Gasteiger partial charge in [0.25, 0.3) is 5.91 Å². The maximum absolute atomic E-state index is 13.6. The van der Waals surface area contributed by atoms with Gasteiger partial charge in [0, 0.05) is 11.0 Å². The Kier molecular flexibility index (Phi) is 5.44. The van der Waals surface area contributed by atoms with Crippen LogP contribution in [0.25, 0.3) is 0 Å². The van der Waals surface area contributed by atoms with Crippen LogP contribution in [0.1, 0.15) is 22.3 Å². The van der Waals surface area contributed by atoms with Crippen molar-refractivity contribution in [3.63, 3.8) is 0 Å². The average molecular weight is 354 g/mol. The standard InChI is InChI=1S/C16H14BrF2NO/c17-9-3-5-11-4-1-6-12(10-11)20-16(21)13-7-2-8-14(18)15(13)19/h1-2,4,6-8,10H,3,5,9H2,(H,20,21). The highest BCUT2D eigenvalue weighted by Gasteiger charge is 2.15. The Hall–Kier alpha value is -1.75. The molecule has 21 heavy (non-hydrogen) atoms. The third-order valence-electron chi connectivity index (χ3n) is 2.98. The summed E-state index contributed by atoms with van der Waals surface area (Å²) in [4.78, 5) is 12.0. The number of rotatable bonds is 5. The van der Waals surface area contributed by atoms with E-state index in [1.807, 2.05) is 18.2 Å². The monoisotopic (exact) mass is 353 g/mol. The van der Waals surface area contributed by atoms with E-state index in [1.165, 1.54) is 12.1 Å². The van der Waals surface area contributed by atoms with Crippen LogP contribution in [0.4, 0.5) is 14.5 Å². The summed E-state index contributed by atoms with van der Waals surface area (Å²) in [6.45, 7) is 0. The molecule has 0 spiro atoms. The lowest BCUT2D eigenvalue weighted by Gasteiger charge is -2.08. The number of anilines is 1. The molecule has 0 bridgehead atoms.